The molecule has 1 N–H and O–H groups in total. The topological polar surface area (TPSA) is 53.1 Å². The van der Waals surface area contributed by atoms with Gasteiger partial charge in [-0.05, 0) is 25.7 Å². The Kier molecular flexibility index (Phi) is 2.40. The van der Waals surface area contributed by atoms with Crippen LogP contribution in [0.1, 0.15) is 25.7 Å². The highest BCUT2D eigenvalue weighted by Crippen LogP contribution is 2.25. The summed E-state index contributed by atoms with van der Waals surface area (Å²) < 4.78 is 5.12. The van der Waals surface area contributed by atoms with Crippen molar-refractivity contribution in [2.75, 3.05) is 13.2 Å². The average Bonchev–Trinajstić information content (AvgIpc) is 2.89. The summed E-state index contributed by atoms with van der Waals surface area (Å²) in [5.41, 5.74) is 0. The largest absolute Gasteiger partial charge is 0.465 e. The second-order valence-corrected chi connectivity index (χ2v) is 3.82. The van der Waals surface area contributed by atoms with Gasteiger partial charge < -0.3 is 14.7 Å². The minimum Gasteiger partial charge on any atom is -0.465 e. The Hall–Kier alpha value is -0.770. The maximum atomic E-state index is 10.9. The molecule has 2 aliphatic rings. The molecule has 0 aromatic heterocycles. The van der Waals surface area contributed by atoms with Crippen LogP contribution in [0.25, 0.3) is 0 Å². The number of hydrogen-bond donors (Lipinski definition) is 1. The van der Waals surface area contributed by atoms with E-state index in [0.29, 0.717) is 12.6 Å². The summed E-state index contributed by atoms with van der Waals surface area (Å²) in [5, 5.41) is 8.93. The molecular formula is C9H15NO3. The van der Waals surface area contributed by atoms with E-state index in [1.165, 1.54) is 0 Å². The molecule has 1 amide bonds. The summed E-state index contributed by atoms with van der Waals surface area (Å²) >= 11 is 0. The Bertz CT molecular complexity index is 203. The maximum absolute atomic E-state index is 10.9. The van der Waals surface area contributed by atoms with Crippen molar-refractivity contribution in [3.63, 3.8) is 0 Å². The number of rotatable bonds is 2. The maximum Gasteiger partial charge on any atom is 0.407 e. The van der Waals surface area contributed by atoms with Gasteiger partial charge in [0.1, 0.15) is 0 Å². The molecule has 2 aliphatic heterocycles. The minimum atomic E-state index is -0.773. The number of nitrogens with zero attached hydrogens (tertiary/aromatic N) is 1. The van der Waals surface area contributed by atoms with Crippen LogP contribution in [-0.2, 0) is 4.74 Å². The fourth-order valence-corrected chi connectivity index (χ4v) is 2.01. The van der Waals surface area contributed by atoms with Crippen LogP contribution in [0.3, 0.4) is 0 Å². The molecule has 0 saturated carbocycles. The van der Waals surface area contributed by atoms with Crippen molar-refractivity contribution in [1.82, 2.24) is 4.90 Å². The van der Waals surface area contributed by atoms with E-state index in [9.17, 15) is 4.79 Å². The van der Waals surface area contributed by atoms with Gasteiger partial charge in [0.05, 0.1) is 12.7 Å². The van der Waals surface area contributed by atoms with Crippen LogP contribution in [0.5, 0.6) is 0 Å². The van der Waals surface area contributed by atoms with Crippen LogP contribution < -0.4 is 0 Å². The summed E-state index contributed by atoms with van der Waals surface area (Å²) in [6.07, 6.45) is 3.63. The number of ether oxygens (including phenoxy) is 1. The zero-order valence-electron chi connectivity index (χ0n) is 7.61. The molecule has 0 bridgehead atoms. The molecule has 2 unspecified atom stereocenters. The average molecular weight is 185 g/mol. The lowest BCUT2D eigenvalue weighted by Gasteiger charge is -2.33. The molecule has 0 aromatic rings. The molecule has 4 nitrogen and oxygen atoms in total. The molecule has 2 saturated heterocycles. The van der Waals surface area contributed by atoms with Crippen LogP contribution in [0, 0.1) is 0 Å². The van der Waals surface area contributed by atoms with E-state index in [-0.39, 0.29) is 6.04 Å². The fraction of sp³-hybridized carbons (Fsp3) is 0.889. The third kappa shape index (κ3) is 2.12. The Labute approximate surface area is 77.5 Å². The molecule has 0 radical (unpaired) electrons. The summed E-state index contributed by atoms with van der Waals surface area (Å²) in [6.45, 7) is 1.52. The molecule has 0 aromatic carbocycles. The smallest absolute Gasteiger partial charge is 0.407 e. The molecule has 2 fully saturated rings. The van der Waals surface area contributed by atoms with Gasteiger partial charge in [0.25, 0.3) is 0 Å². The van der Waals surface area contributed by atoms with E-state index in [2.05, 4.69) is 0 Å². The molecule has 74 valence electrons. The number of likely N-dealkylation sites (tertiary alicyclic amines) is 1. The third-order valence-corrected chi connectivity index (χ3v) is 2.81. The summed E-state index contributed by atoms with van der Waals surface area (Å²) in [6, 6.07) is 0.207. The SMILES string of the molecule is O=C(O)N1CCCCC1CC1CO1. The number of carbonyl (C=O) groups is 1. The van der Waals surface area contributed by atoms with E-state index in [0.717, 1.165) is 32.3 Å². The van der Waals surface area contributed by atoms with E-state index in [4.69, 9.17) is 9.84 Å². The molecule has 2 rings (SSSR count). The molecular weight excluding hydrogens is 170 g/mol. The van der Waals surface area contributed by atoms with Gasteiger partial charge in [-0.3, -0.25) is 0 Å². The Morgan fingerprint density at radius 1 is 1.54 bits per heavy atom. The van der Waals surface area contributed by atoms with E-state index < -0.39 is 6.09 Å². The fourth-order valence-electron chi connectivity index (χ4n) is 2.01. The van der Waals surface area contributed by atoms with Gasteiger partial charge in [-0.1, -0.05) is 0 Å². The first-order valence-electron chi connectivity index (χ1n) is 4.88. The first kappa shape index (κ1) is 8.81. The number of carboxylic acid groups (broad SMARTS) is 1. The zero-order valence-corrected chi connectivity index (χ0v) is 7.61. The van der Waals surface area contributed by atoms with Crippen molar-refractivity contribution in [3.8, 4) is 0 Å². The highest BCUT2D eigenvalue weighted by atomic mass is 16.6. The molecule has 2 heterocycles. The monoisotopic (exact) mass is 185 g/mol. The summed E-state index contributed by atoms with van der Waals surface area (Å²) in [7, 11) is 0. The number of piperidine rings is 1. The lowest BCUT2D eigenvalue weighted by atomic mass is 9.99. The molecule has 4 heteroatoms. The Balaban J connectivity index is 1.90. The predicted octanol–water partition coefficient (Wildman–Crippen LogP) is 1.31. The third-order valence-electron chi connectivity index (χ3n) is 2.81. The Morgan fingerprint density at radius 3 is 2.92 bits per heavy atom. The van der Waals surface area contributed by atoms with Crippen molar-refractivity contribution in [2.45, 2.75) is 37.8 Å². The van der Waals surface area contributed by atoms with E-state index in [1.54, 1.807) is 4.90 Å². The van der Waals surface area contributed by atoms with E-state index >= 15 is 0 Å². The minimum absolute atomic E-state index is 0.207. The predicted molar refractivity (Wildman–Crippen MR) is 46.7 cm³/mol. The lowest BCUT2D eigenvalue weighted by Crippen LogP contribution is -2.43. The van der Waals surface area contributed by atoms with Gasteiger partial charge in [-0.2, -0.15) is 0 Å². The van der Waals surface area contributed by atoms with Crippen molar-refractivity contribution < 1.29 is 14.6 Å². The van der Waals surface area contributed by atoms with E-state index in [1.807, 2.05) is 0 Å². The molecule has 2 atom stereocenters. The molecule has 0 aliphatic carbocycles. The second-order valence-electron chi connectivity index (χ2n) is 3.82. The molecule has 0 spiro atoms. The standard InChI is InChI=1S/C9H15NO3/c11-9(12)10-4-2-1-3-7(10)5-8-6-13-8/h7-8H,1-6H2,(H,11,12). The normalized spacial score (nSPS) is 33.1. The second kappa shape index (κ2) is 3.54. The van der Waals surface area contributed by atoms with Crippen LogP contribution in [-0.4, -0.2) is 41.4 Å². The van der Waals surface area contributed by atoms with Crippen molar-refractivity contribution in [2.24, 2.45) is 0 Å². The lowest BCUT2D eigenvalue weighted by molar-refractivity contribution is 0.100. The van der Waals surface area contributed by atoms with Crippen LogP contribution in [0.15, 0.2) is 0 Å². The zero-order chi connectivity index (χ0) is 9.26. The van der Waals surface area contributed by atoms with Gasteiger partial charge in [-0.15, -0.1) is 0 Å². The summed E-state index contributed by atoms with van der Waals surface area (Å²) in [4.78, 5) is 12.4. The van der Waals surface area contributed by atoms with Gasteiger partial charge in [0.2, 0.25) is 0 Å². The summed E-state index contributed by atoms with van der Waals surface area (Å²) in [5.74, 6) is 0. The van der Waals surface area contributed by atoms with Gasteiger partial charge in [0, 0.05) is 12.6 Å². The van der Waals surface area contributed by atoms with Crippen LogP contribution in [0.4, 0.5) is 4.79 Å². The van der Waals surface area contributed by atoms with Crippen molar-refractivity contribution in [1.29, 1.82) is 0 Å². The van der Waals surface area contributed by atoms with Crippen molar-refractivity contribution >= 4 is 6.09 Å². The number of hydrogen-bond acceptors (Lipinski definition) is 2. The van der Waals surface area contributed by atoms with Crippen LogP contribution in [0.2, 0.25) is 0 Å². The van der Waals surface area contributed by atoms with Gasteiger partial charge >= 0.3 is 6.09 Å². The van der Waals surface area contributed by atoms with Gasteiger partial charge in [0.15, 0.2) is 0 Å². The first-order valence-corrected chi connectivity index (χ1v) is 4.88. The van der Waals surface area contributed by atoms with Gasteiger partial charge in [-0.25, -0.2) is 4.79 Å². The van der Waals surface area contributed by atoms with Crippen molar-refractivity contribution in [3.05, 3.63) is 0 Å². The highest BCUT2D eigenvalue weighted by molar-refractivity contribution is 5.65. The molecule has 13 heavy (non-hydrogen) atoms. The Morgan fingerprint density at radius 2 is 2.31 bits per heavy atom. The quantitative estimate of drug-likeness (QED) is 0.660. The number of amides is 1. The highest BCUT2D eigenvalue weighted by Gasteiger charge is 2.33. The number of epoxide rings is 1. The first-order chi connectivity index (χ1) is 6.27. The van der Waals surface area contributed by atoms with Crippen LogP contribution >= 0.6 is 0 Å².